The minimum absolute atomic E-state index is 0.0411. The molecule has 0 heterocycles. The van der Waals surface area contributed by atoms with E-state index in [4.69, 9.17) is 15.2 Å². The molecule has 1 aromatic rings. The Morgan fingerprint density at radius 2 is 2.06 bits per heavy atom. The van der Waals surface area contributed by atoms with E-state index in [0.29, 0.717) is 13.2 Å². The van der Waals surface area contributed by atoms with Crippen LogP contribution < -0.4 is 10.5 Å². The molecule has 2 N–H and O–H groups in total. The molecule has 0 spiro atoms. The van der Waals surface area contributed by atoms with Crippen molar-refractivity contribution in [2.75, 3.05) is 19.8 Å². The number of benzene rings is 1. The number of hydrogen-bond acceptors (Lipinski definition) is 3. The van der Waals surface area contributed by atoms with Crippen LogP contribution >= 0.6 is 0 Å². The summed E-state index contributed by atoms with van der Waals surface area (Å²) in [4.78, 5) is 0. The van der Waals surface area contributed by atoms with Crippen LogP contribution in [-0.4, -0.2) is 19.8 Å². The van der Waals surface area contributed by atoms with Crippen molar-refractivity contribution in [3.05, 3.63) is 29.8 Å². The minimum Gasteiger partial charge on any atom is -0.491 e. The van der Waals surface area contributed by atoms with Crippen LogP contribution in [0.5, 0.6) is 5.75 Å². The van der Waals surface area contributed by atoms with E-state index in [1.54, 1.807) is 0 Å². The topological polar surface area (TPSA) is 44.5 Å². The maximum Gasteiger partial charge on any atom is 0.119 e. The van der Waals surface area contributed by atoms with Gasteiger partial charge in [0.25, 0.3) is 0 Å². The highest BCUT2D eigenvalue weighted by Crippen LogP contribution is 2.17. The molecule has 0 aromatic heterocycles. The van der Waals surface area contributed by atoms with E-state index < -0.39 is 0 Å². The van der Waals surface area contributed by atoms with Crippen molar-refractivity contribution < 1.29 is 9.47 Å². The molecule has 0 saturated carbocycles. The lowest BCUT2D eigenvalue weighted by Crippen LogP contribution is -2.08. The Labute approximate surface area is 104 Å². The van der Waals surface area contributed by atoms with E-state index in [2.05, 4.69) is 6.92 Å². The molecule has 1 aromatic carbocycles. The molecule has 0 radical (unpaired) electrons. The van der Waals surface area contributed by atoms with E-state index in [-0.39, 0.29) is 6.04 Å². The van der Waals surface area contributed by atoms with Crippen LogP contribution in [0.25, 0.3) is 0 Å². The van der Waals surface area contributed by atoms with Gasteiger partial charge in [0, 0.05) is 12.6 Å². The third kappa shape index (κ3) is 5.71. The molecule has 0 amide bonds. The van der Waals surface area contributed by atoms with E-state index >= 15 is 0 Å². The molecule has 1 atom stereocenters. The highest BCUT2D eigenvalue weighted by Gasteiger charge is 2.00. The molecule has 0 unspecified atom stereocenters. The van der Waals surface area contributed by atoms with Gasteiger partial charge in [-0.2, -0.15) is 0 Å². The third-order valence-electron chi connectivity index (χ3n) is 2.52. The molecule has 96 valence electrons. The van der Waals surface area contributed by atoms with Crippen molar-refractivity contribution >= 4 is 0 Å². The molecular formula is C14H23NO2. The maximum absolute atomic E-state index is 5.81. The first-order chi connectivity index (χ1) is 8.24. The number of nitrogens with two attached hydrogens (primary N) is 1. The van der Waals surface area contributed by atoms with Crippen molar-refractivity contribution in [3.8, 4) is 5.75 Å². The average Bonchev–Trinajstić information content (AvgIpc) is 2.34. The molecule has 0 fully saturated rings. The molecule has 0 saturated heterocycles. The van der Waals surface area contributed by atoms with Gasteiger partial charge in [0.05, 0.1) is 6.61 Å². The number of rotatable bonds is 8. The molecule has 0 aliphatic rings. The second-order valence-corrected chi connectivity index (χ2v) is 4.18. The van der Waals surface area contributed by atoms with Crippen LogP contribution in [0.4, 0.5) is 0 Å². The molecule has 0 aliphatic heterocycles. The smallest absolute Gasteiger partial charge is 0.119 e. The summed E-state index contributed by atoms with van der Waals surface area (Å²) in [5.41, 5.74) is 6.90. The molecule has 3 nitrogen and oxygen atoms in total. The Hall–Kier alpha value is -1.06. The van der Waals surface area contributed by atoms with Crippen LogP contribution in [0, 0.1) is 0 Å². The van der Waals surface area contributed by atoms with E-state index in [0.717, 1.165) is 30.8 Å². The summed E-state index contributed by atoms with van der Waals surface area (Å²) < 4.78 is 11.0. The molecule has 17 heavy (non-hydrogen) atoms. The molecular weight excluding hydrogens is 214 g/mol. The van der Waals surface area contributed by atoms with Crippen LogP contribution in [0.2, 0.25) is 0 Å². The fraction of sp³-hybridized carbons (Fsp3) is 0.571. The van der Waals surface area contributed by atoms with Gasteiger partial charge in [0.2, 0.25) is 0 Å². The van der Waals surface area contributed by atoms with Crippen LogP contribution in [-0.2, 0) is 4.74 Å². The van der Waals surface area contributed by atoms with Gasteiger partial charge < -0.3 is 15.2 Å². The predicted molar refractivity (Wildman–Crippen MR) is 70.3 cm³/mol. The van der Waals surface area contributed by atoms with Gasteiger partial charge >= 0.3 is 0 Å². The zero-order valence-electron chi connectivity index (χ0n) is 10.8. The average molecular weight is 237 g/mol. The minimum atomic E-state index is 0.0411. The first-order valence-corrected chi connectivity index (χ1v) is 6.30. The van der Waals surface area contributed by atoms with Gasteiger partial charge in [0.15, 0.2) is 0 Å². The normalized spacial score (nSPS) is 12.4. The molecule has 0 aliphatic carbocycles. The van der Waals surface area contributed by atoms with Crippen molar-refractivity contribution in [1.29, 1.82) is 0 Å². The van der Waals surface area contributed by atoms with Crippen molar-refractivity contribution in [1.82, 2.24) is 0 Å². The Kier molecular flexibility index (Phi) is 6.67. The molecule has 0 bridgehead atoms. The Morgan fingerprint density at radius 1 is 1.24 bits per heavy atom. The maximum atomic E-state index is 5.81. The first-order valence-electron chi connectivity index (χ1n) is 6.30. The van der Waals surface area contributed by atoms with Gasteiger partial charge in [-0.05, 0) is 31.0 Å². The highest BCUT2D eigenvalue weighted by atomic mass is 16.5. The van der Waals surface area contributed by atoms with Crippen molar-refractivity contribution in [3.63, 3.8) is 0 Å². The summed E-state index contributed by atoms with van der Waals surface area (Å²) in [6.45, 7) is 6.17. The van der Waals surface area contributed by atoms with Crippen molar-refractivity contribution in [2.45, 2.75) is 32.7 Å². The quantitative estimate of drug-likeness (QED) is 0.707. The van der Waals surface area contributed by atoms with Gasteiger partial charge in [-0.15, -0.1) is 0 Å². The highest BCUT2D eigenvalue weighted by molar-refractivity contribution is 5.30. The predicted octanol–water partition coefficient (Wildman–Crippen LogP) is 2.90. The molecule has 1 rings (SSSR count). The number of ether oxygens (including phenoxy) is 2. The lowest BCUT2D eigenvalue weighted by molar-refractivity contribution is 0.0980. The summed E-state index contributed by atoms with van der Waals surface area (Å²) in [6, 6.07) is 7.94. The second kappa shape index (κ2) is 8.09. The lowest BCUT2D eigenvalue weighted by Gasteiger charge is -2.10. The van der Waals surface area contributed by atoms with Crippen molar-refractivity contribution in [2.24, 2.45) is 5.73 Å². The van der Waals surface area contributed by atoms with Gasteiger partial charge in [-0.1, -0.05) is 25.5 Å². The largest absolute Gasteiger partial charge is 0.491 e. The lowest BCUT2D eigenvalue weighted by atomic mass is 10.1. The summed E-state index contributed by atoms with van der Waals surface area (Å²) in [6.07, 6.45) is 2.28. The number of unbranched alkanes of at least 4 members (excludes halogenated alkanes) is 1. The monoisotopic (exact) mass is 237 g/mol. The summed E-state index contributed by atoms with van der Waals surface area (Å²) in [5, 5.41) is 0. The van der Waals surface area contributed by atoms with Crippen LogP contribution in [0.1, 0.15) is 38.3 Å². The summed E-state index contributed by atoms with van der Waals surface area (Å²) in [7, 11) is 0. The molecule has 3 heteroatoms. The third-order valence-corrected chi connectivity index (χ3v) is 2.52. The first kappa shape index (κ1) is 14.0. The summed E-state index contributed by atoms with van der Waals surface area (Å²) >= 11 is 0. The SMILES string of the molecule is CCCCOCCOc1cccc([C@@H](C)N)c1. The van der Waals surface area contributed by atoms with E-state index in [1.807, 2.05) is 31.2 Å². The zero-order valence-corrected chi connectivity index (χ0v) is 10.8. The van der Waals surface area contributed by atoms with Gasteiger partial charge in [-0.25, -0.2) is 0 Å². The van der Waals surface area contributed by atoms with Crippen LogP contribution in [0.15, 0.2) is 24.3 Å². The number of hydrogen-bond donors (Lipinski definition) is 1. The van der Waals surface area contributed by atoms with Gasteiger partial charge in [0.1, 0.15) is 12.4 Å². The summed E-state index contributed by atoms with van der Waals surface area (Å²) in [5.74, 6) is 0.860. The Balaban J connectivity index is 2.24. The standard InChI is InChI=1S/C14H23NO2/c1-3-4-8-16-9-10-17-14-7-5-6-13(11-14)12(2)15/h5-7,11-12H,3-4,8-10,15H2,1-2H3/t12-/m1/s1. The second-order valence-electron chi connectivity index (χ2n) is 4.18. The van der Waals surface area contributed by atoms with Crippen LogP contribution in [0.3, 0.4) is 0 Å². The fourth-order valence-electron chi connectivity index (χ4n) is 1.45. The fourth-order valence-corrected chi connectivity index (χ4v) is 1.45. The van der Waals surface area contributed by atoms with E-state index in [1.165, 1.54) is 0 Å². The Morgan fingerprint density at radius 3 is 2.76 bits per heavy atom. The van der Waals surface area contributed by atoms with E-state index in [9.17, 15) is 0 Å². The zero-order chi connectivity index (χ0) is 12.5. The van der Waals surface area contributed by atoms with Gasteiger partial charge in [-0.3, -0.25) is 0 Å². The Bertz CT molecular complexity index is 313.